The lowest BCUT2D eigenvalue weighted by atomic mass is 10.1. The van der Waals surface area contributed by atoms with E-state index in [1.807, 2.05) is 0 Å². The molecule has 0 bridgehead atoms. The Morgan fingerprint density at radius 3 is 2.59 bits per heavy atom. The van der Waals surface area contributed by atoms with Crippen molar-refractivity contribution in [3.63, 3.8) is 0 Å². The first kappa shape index (κ1) is 18.2. The summed E-state index contributed by atoms with van der Waals surface area (Å²) in [6, 6.07) is 12.8. The Morgan fingerprint density at radius 1 is 1.11 bits per heavy atom. The Hall–Kier alpha value is -3.55. The van der Waals surface area contributed by atoms with Gasteiger partial charge in [0.25, 0.3) is 5.69 Å². The molecule has 0 spiro atoms. The summed E-state index contributed by atoms with van der Waals surface area (Å²) in [6.45, 7) is -3.00. The van der Waals surface area contributed by atoms with Gasteiger partial charge >= 0.3 is 6.61 Å². The molecule has 0 aliphatic heterocycles. The van der Waals surface area contributed by atoms with Gasteiger partial charge in [-0.05, 0) is 24.3 Å². The summed E-state index contributed by atoms with van der Waals surface area (Å²) in [5, 5.41) is 11.8. The minimum atomic E-state index is -3.00. The van der Waals surface area contributed by atoms with Gasteiger partial charge in [-0.25, -0.2) is 4.98 Å². The van der Waals surface area contributed by atoms with Gasteiger partial charge in [0.1, 0.15) is 5.52 Å². The van der Waals surface area contributed by atoms with E-state index in [-0.39, 0.29) is 22.7 Å². The molecule has 0 unspecified atom stereocenters. The van der Waals surface area contributed by atoms with Gasteiger partial charge in [-0.1, -0.05) is 30.3 Å². The van der Waals surface area contributed by atoms with Gasteiger partial charge in [0.2, 0.25) is 0 Å². The lowest BCUT2D eigenvalue weighted by Gasteiger charge is -2.12. The van der Waals surface area contributed by atoms with Crippen molar-refractivity contribution in [3.8, 4) is 11.5 Å². The summed E-state index contributed by atoms with van der Waals surface area (Å²) in [7, 11) is 1.35. The standard InChI is InChI=1S/C19H14F2N2O4/c1-26-16-7-3-5-13(18(16)27-19(20)21)9-11-14-10-8-12-4-2-6-15(23(24)25)17(12)22-14/h2-11,19H,1H3/b11-9+. The number of nitrogens with zero attached hydrogens (tertiary/aromatic N) is 2. The van der Waals surface area contributed by atoms with Crippen LogP contribution in [0.2, 0.25) is 0 Å². The molecule has 0 amide bonds. The fraction of sp³-hybridized carbons (Fsp3) is 0.105. The normalized spacial score (nSPS) is 11.3. The smallest absolute Gasteiger partial charge is 0.387 e. The van der Waals surface area contributed by atoms with Crippen molar-refractivity contribution in [3.05, 3.63) is 69.9 Å². The Morgan fingerprint density at radius 2 is 1.89 bits per heavy atom. The Balaban J connectivity index is 2.01. The highest BCUT2D eigenvalue weighted by molar-refractivity contribution is 5.88. The number of pyridine rings is 1. The summed E-state index contributed by atoms with van der Waals surface area (Å²) < 4.78 is 35.0. The van der Waals surface area contributed by atoms with E-state index in [1.165, 1.54) is 25.3 Å². The number of nitro benzene ring substituents is 1. The molecule has 0 saturated carbocycles. The Bertz CT molecular complexity index is 1020. The van der Waals surface area contributed by atoms with Crippen LogP contribution in [0.1, 0.15) is 11.3 Å². The summed E-state index contributed by atoms with van der Waals surface area (Å²) in [4.78, 5) is 15.0. The zero-order valence-electron chi connectivity index (χ0n) is 14.1. The zero-order chi connectivity index (χ0) is 19.4. The number of halogens is 2. The molecule has 8 heteroatoms. The van der Waals surface area contributed by atoms with Crippen LogP contribution < -0.4 is 9.47 Å². The van der Waals surface area contributed by atoms with E-state index in [0.29, 0.717) is 16.6 Å². The largest absolute Gasteiger partial charge is 0.493 e. The number of ether oxygens (including phenoxy) is 2. The molecule has 2 aromatic carbocycles. The van der Waals surface area contributed by atoms with Crippen LogP contribution in [-0.4, -0.2) is 23.6 Å². The first-order valence-electron chi connectivity index (χ1n) is 7.83. The highest BCUT2D eigenvalue weighted by atomic mass is 19.3. The monoisotopic (exact) mass is 372 g/mol. The molecule has 3 aromatic rings. The number of benzene rings is 2. The van der Waals surface area contributed by atoms with Crippen molar-refractivity contribution in [2.24, 2.45) is 0 Å². The van der Waals surface area contributed by atoms with E-state index in [9.17, 15) is 18.9 Å². The van der Waals surface area contributed by atoms with Crippen LogP contribution in [0.4, 0.5) is 14.5 Å². The van der Waals surface area contributed by atoms with E-state index in [1.54, 1.807) is 42.5 Å². The number of aromatic nitrogens is 1. The number of para-hydroxylation sites is 2. The summed E-state index contributed by atoms with van der Waals surface area (Å²) in [6.07, 6.45) is 3.09. The SMILES string of the molecule is COc1cccc(/C=C/c2ccc3cccc([N+](=O)[O-])c3n2)c1OC(F)F. The predicted molar refractivity (Wildman–Crippen MR) is 97.0 cm³/mol. The van der Waals surface area contributed by atoms with Crippen LogP contribution in [0.25, 0.3) is 23.1 Å². The second-order valence-electron chi connectivity index (χ2n) is 5.43. The first-order chi connectivity index (χ1) is 13.0. The molecule has 0 N–H and O–H groups in total. The van der Waals surface area contributed by atoms with Gasteiger partial charge in [0, 0.05) is 17.0 Å². The van der Waals surface area contributed by atoms with E-state index in [4.69, 9.17) is 4.74 Å². The third-order valence-corrected chi connectivity index (χ3v) is 3.79. The molecule has 3 rings (SSSR count). The minimum absolute atomic E-state index is 0.0991. The van der Waals surface area contributed by atoms with Crippen molar-refractivity contribution in [1.29, 1.82) is 0 Å². The maximum atomic E-state index is 12.7. The number of hydrogen-bond acceptors (Lipinski definition) is 5. The Labute approximate surface area is 152 Å². The lowest BCUT2D eigenvalue weighted by molar-refractivity contribution is -0.383. The van der Waals surface area contributed by atoms with Crippen molar-refractivity contribution >= 4 is 28.7 Å². The number of fused-ring (bicyclic) bond motifs is 1. The fourth-order valence-corrected chi connectivity index (χ4v) is 2.60. The maximum absolute atomic E-state index is 12.7. The van der Waals surface area contributed by atoms with Gasteiger partial charge in [0.05, 0.1) is 17.7 Å². The molecule has 0 radical (unpaired) electrons. The third-order valence-electron chi connectivity index (χ3n) is 3.79. The second-order valence-corrected chi connectivity index (χ2v) is 5.43. The highest BCUT2D eigenvalue weighted by Crippen LogP contribution is 2.33. The molecule has 6 nitrogen and oxygen atoms in total. The summed E-state index contributed by atoms with van der Waals surface area (Å²) >= 11 is 0. The quantitative estimate of drug-likeness (QED) is 0.453. The molecule has 1 aromatic heterocycles. The van der Waals surface area contributed by atoms with Crippen LogP contribution in [0.3, 0.4) is 0 Å². The van der Waals surface area contributed by atoms with Crippen LogP contribution in [0, 0.1) is 10.1 Å². The molecule has 27 heavy (non-hydrogen) atoms. The van der Waals surface area contributed by atoms with Crippen LogP contribution in [-0.2, 0) is 0 Å². The van der Waals surface area contributed by atoms with Crippen molar-refractivity contribution in [2.75, 3.05) is 7.11 Å². The molecule has 0 saturated heterocycles. The number of rotatable bonds is 6. The minimum Gasteiger partial charge on any atom is -0.493 e. The molecule has 0 fully saturated rings. The van der Waals surface area contributed by atoms with E-state index < -0.39 is 11.5 Å². The molecular weight excluding hydrogens is 358 g/mol. The third kappa shape index (κ3) is 4.00. The Kier molecular flexibility index (Phi) is 5.25. The van der Waals surface area contributed by atoms with Gasteiger partial charge in [-0.2, -0.15) is 8.78 Å². The van der Waals surface area contributed by atoms with E-state index in [2.05, 4.69) is 9.72 Å². The molecule has 0 aliphatic rings. The highest BCUT2D eigenvalue weighted by Gasteiger charge is 2.15. The van der Waals surface area contributed by atoms with E-state index >= 15 is 0 Å². The average molecular weight is 372 g/mol. The first-order valence-corrected chi connectivity index (χ1v) is 7.83. The van der Waals surface area contributed by atoms with Crippen LogP contribution in [0.15, 0.2) is 48.5 Å². The molecule has 138 valence electrons. The number of alkyl halides is 2. The number of hydrogen-bond donors (Lipinski definition) is 0. The van der Waals surface area contributed by atoms with Gasteiger partial charge < -0.3 is 9.47 Å². The van der Waals surface area contributed by atoms with Crippen molar-refractivity contribution in [2.45, 2.75) is 6.61 Å². The van der Waals surface area contributed by atoms with Gasteiger partial charge in [0.15, 0.2) is 11.5 Å². The topological polar surface area (TPSA) is 74.5 Å². The van der Waals surface area contributed by atoms with Crippen LogP contribution >= 0.6 is 0 Å². The molecule has 0 aliphatic carbocycles. The average Bonchev–Trinajstić information content (AvgIpc) is 2.65. The fourth-order valence-electron chi connectivity index (χ4n) is 2.60. The predicted octanol–water partition coefficient (Wildman–Crippen LogP) is 4.92. The van der Waals surface area contributed by atoms with Gasteiger partial charge in [-0.3, -0.25) is 10.1 Å². The van der Waals surface area contributed by atoms with Gasteiger partial charge in [-0.15, -0.1) is 0 Å². The zero-order valence-corrected chi connectivity index (χ0v) is 14.1. The van der Waals surface area contributed by atoms with Crippen molar-refractivity contribution < 1.29 is 23.2 Å². The number of nitro groups is 1. The second kappa shape index (κ2) is 7.77. The molecular formula is C19H14F2N2O4. The molecule has 1 heterocycles. The maximum Gasteiger partial charge on any atom is 0.387 e. The number of non-ortho nitro benzene ring substituents is 1. The lowest BCUT2D eigenvalue weighted by Crippen LogP contribution is -2.04. The van der Waals surface area contributed by atoms with E-state index in [0.717, 1.165) is 0 Å². The van der Waals surface area contributed by atoms with Crippen LogP contribution in [0.5, 0.6) is 11.5 Å². The van der Waals surface area contributed by atoms with Crippen molar-refractivity contribution in [1.82, 2.24) is 4.98 Å². The summed E-state index contributed by atoms with van der Waals surface area (Å²) in [5.41, 5.74) is 0.937. The molecule has 0 atom stereocenters. The summed E-state index contributed by atoms with van der Waals surface area (Å²) in [5.74, 6) is 0.0672. The number of methoxy groups -OCH3 is 1.